The number of nitro benzene ring substituents is 1. The fourth-order valence-corrected chi connectivity index (χ4v) is 2.56. The van der Waals surface area contributed by atoms with Gasteiger partial charge < -0.3 is 15.6 Å². The summed E-state index contributed by atoms with van der Waals surface area (Å²) in [6, 6.07) is 12.4. The lowest BCUT2D eigenvalue weighted by Gasteiger charge is -2.12. The van der Waals surface area contributed by atoms with Gasteiger partial charge in [0.2, 0.25) is 5.91 Å². The number of para-hydroxylation sites is 2. The van der Waals surface area contributed by atoms with Crippen molar-refractivity contribution in [3.8, 4) is 0 Å². The molecule has 0 radical (unpaired) electrons. The lowest BCUT2D eigenvalue weighted by molar-refractivity contribution is -0.384. The maximum atomic E-state index is 12.1. The Hall–Kier alpha value is -3.75. The highest BCUT2D eigenvalue weighted by Gasteiger charge is 2.15. The molecule has 3 N–H and O–H groups in total. The number of aromatic nitrogens is 2. The highest BCUT2D eigenvalue weighted by Crippen LogP contribution is 2.15. The zero-order valence-electron chi connectivity index (χ0n) is 14.4. The summed E-state index contributed by atoms with van der Waals surface area (Å²) in [5.74, 6) is -0.360. The highest BCUT2D eigenvalue weighted by molar-refractivity contribution is 5.97. The van der Waals surface area contributed by atoms with Gasteiger partial charge in [-0.3, -0.25) is 19.7 Å². The predicted octanol–water partition coefficient (Wildman–Crippen LogP) is 2.08. The van der Waals surface area contributed by atoms with Crippen molar-refractivity contribution in [3.05, 3.63) is 70.0 Å². The molecular weight excluding hydrogens is 350 g/mol. The van der Waals surface area contributed by atoms with E-state index >= 15 is 0 Å². The minimum Gasteiger partial charge on any atom is -0.345 e. The topological polar surface area (TPSA) is 130 Å². The Labute approximate surface area is 153 Å². The van der Waals surface area contributed by atoms with Gasteiger partial charge in [0, 0.05) is 17.7 Å². The van der Waals surface area contributed by atoms with Gasteiger partial charge in [-0.2, -0.15) is 0 Å². The number of non-ortho nitro benzene ring substituents is 1. The second-order valence-corrected chi connectivity index (χ2v) is 5.92. The summed E-state index contributed by atoms with van der Waals surface area (Å²) in [6.07, 6.45) is 0. The molecule has 0 saturated carbocycles. The van der Waals surface area contributed by atoms with Crippen LogP contribution in [0, 0.1) is 10.1 Å². The number of carbonyl (C=O) groups is 2. The van der Waals surface area contributed by atoms with Crippen LogP contribution in [0.25, 0.3) is 11.0 Å². The van der Waals surface area contributed by atoms with Gasteiger partial charge in [-0.1, -0.05) is 18.2 Å². The summed E-state index contributed by atoms with van der Waals surface area (Å²) < 4.78 is 0. The molecule has 0 aliphatic rings. The van der Waals surface area contributed by atoms with Crippen LogP contribution in [0.4, 0.5) is 5.69 Å². The molecule has 1 heterocycles. The van der Waals surface area contributed by atoms with E-state index in [1.165, 1.54) is 18.2 Å². The Kier molecular flexibility index (Phi) is 5.11. The van der Waals surface area contributed by atoms with Crippen LogP contribution < -0.4 is 10.6 Å². The number of nitrogens with zero attached hydrogens (tertiary/aromatic N) is 2. The van der Waals surface area contributed by atoms with Crippen molar-refractivity contribution in [2.75, 3.05) is 6.54 Å². The van der Waals surface area contributed by atoms with Gasteiger partial charge in [-0.05, 0) is 25.1 Å². The SMILES string of the molecule is C[C@H](NC(=O)CNC(=O)c1cccc([N+](=O)[O-])c1)c1nc2ccccc2[nH]1. The van der Waals surface area contributed by atoms with Gasteiger partial charge in [-0.25, -0.2) is 4.98 Å². The van der Waals surface area contributed by atoms with Crippen LogP contribution in [0.1, 0.15) is 29.1 Å². The fraction of sp³-hybridized carbons (Fsp3) is 0.167. The van der Waals surface area contributed by atoms with Crippen LogP contribution in [-0.4, -0.2) is 33.3 Å². The van der Waals surface area contributed by atoms with Crippen molar-refractivity contribution in [1.82, 2.24) is 20.6 Å². The number of rotatable bonds is 6. The van der Waals surface area contributed by atoms with Crippen LogP contribution in [0.5, 0.6) is 0 Å². The molecule has 3 aromatic rings. The van der Waals surface area contributed by atoms with Crippen molar-refractivity contribution < 1.29 is 14.5 Å². The molecule has 9 nitrogen and oxygen atoms in total. The van der Waals surface area contributed by atoms with Crippen LogP contribution in [0.15, 0.2) is 48.5 Å². The van der Waals surface area contributed by atoms with E-state index in [0.29, 0.717) is 5.82 Å². The van der Waals surface area contributed by atoms with Gasteiger partial charge in [0.05, 0.1) is 28.5 Å². The Morgan fingerprint density at radius 1 is 1.22 bits per heavy atom. The summed E-state index contributed by atoms with van der Waals surface area (Å²) >= 11 is 0. The van der Waals surface area contributed by atoms with Gasteiger partial charge in [0.25, 0.3) is 11.6 Å². The van der Waals surface area contributed by atoms with E-state index in [-0.39, 0.29) is 23.8 Å². The first kappa shape index (κ1) is 18.1. The van der Waals surface area contributed by atoms with Crippen LogP contribution in [0.3, 0.4) is 0 Å². The van der Waals surface area contributed by atoms with Gasteiger partial charge in [-0.15, -0.1) is 0 Å². The minimum absolute atomic E-state index is 0.113. The molecular formula is C18H17N5O4. The van der Waals surface area contributed by atoms with Crippen LogP contribution in [0.2, 0.25) is 0 Å². The van der Waals surface area contributed by atoms with Crippen LogP contribution in [-0.2, 0) is 4.79 Å². The molecule has 2 aromatic carbocycles. The number of H-pyrrole nitrogens is 1. The summed E-state index contributed by atoms with van der Waals surface area (Å²) in [5.41, 5.74) is 1.59. The number of hydrogen-bond acceptors (Lipinski definition) is 5. The van der Waals surface area contributed by atoms with Crippen molar-refractivity contribution in [3.63, 3.8) is 0 Å². The number of imidazole rings is 1. The largest absolute Gasteiger partial charge is 0.345 e. The van der Waals surface area contributed by atoms with E-state index in [4.69, 9.17) is 0 Å². The number of aromatic amines is 1. The lowest BCUT2D eigenvalue weighted by Crippen LogP contribution is -2.38. The normalized spacial score (nSPS) is 11.7. The Morgan fingerprint density at radius 2 is 2.00 bits per heavy atom. The van der Waals surface area contributed by atoms with Gasteiger partial charge >= 0.3 is 0 Å². The second-order valence-electron chi connectivity index (χ2n) is 5.92. The summed E-state index contributed by atoms with van der Waals surface area (Å²) in [7, 11) is 0. The third kappa shape index (κ3) is 4.27. The summed E-state index contributed by atoms with van der Waals surface area (Å²) in [6.45, 7) is 1.52. The number of carbonyl (C=O) groups excluding carboxylic acids is 2. The summed E-state index contributed by atoms with van der Waals surface area (Å²) in [4.78, 5) is 41.9. The second kappa shape index (κ2) is 7.65. The Bertz CT molecular complexity index is 981. The Balaban J connectivity index is 1.56. The predicted molar refractivity (Wildman–Crippen MR) is 98.1 cm³/mol. The van der Waals surface area contributed by atoms with Crippen molar-refractivity contribution in [2.24, 2.45) is 0 Å². The number of nitro groups is 1. The molecule has 2 amide bonds. The molecule has 1 aromatic heterocycles. The van der Waals surface area contributed by atoms with Gasteiger partial charge in [0.15, 0.2) is 0 Å². The number of fused-ring (bicyclic) bond motifs is 1. The highest BCUT2D eigenvalue weighted by atomic mass is 16.6. The van der Waals surface area contributed by atoms with Crippen molar-refractivity contribution in [1.29, 1.82) is 0 Å². The first-order valence-electron chi connectivity index (χ1n) is 8.20. The maximum Gasteiger partial charge on any atom is 0.270 e. The molecule has 0 bridgehead atoms. The van der Waals surface area contributed by atoms with E-state index in [9.17, 15) is 19.7 Å². The summed E-state index contributed by atoms with van der Waals surface area (Å²) in [5, 5.41) is 15.9. The monoisotopic (exact) mass is 367 g/mol. The number of hydrogen-bond donors (Lipinski definition) is 3. The first-order chi connectivity index (χ1) is 12.9. The molecule has 0 aliphatic heterocycles. The zero-order chi connectivity index (χ0) is 19.4. The van der Waals surface area contributed by atoms with E-state index in [2.05, 4.69) is 20.6 Å². The van der Waals surface area contributed by atoms with E-state index in [1.54, 1.807) is 6.92 Å². The molecule has 0 saturated heterocycles. The molecule has 1 atom stereocenters. The standard InChI is InChI=1S/C18H17N5O4/c1-11(17-21-14-7-2-3-8-15(14)22-17)20-16(24)10-19-18(25)12-5-4-6-13(9-12)23(26)27/h2-9,11H,10H2,1H3,(H,19,25)(H,20,24)(H,21,22)/t11-/m0/s1. The van der Waals surface area contributed by atoms with Crippen molar-refractivity contribution in [2.45, 2.75) is 13.0 Å². The van der Waals surface area contributed by atoms with E-state index in [1.807, 2.05) is 24.3 Å². The smallest absolute Gasteiger partial charge is 0.270 e. The molecule has 0 fully saturated rings. The number of benzene rings is 2. The molecule has 0 unspecified atom stereocenters. The molecule has 0 aliphatic carbocycles. The third-order valence-electron chi connectivity index (χ3n) is 3.92. The minimum atomic E-state index is -0.585. The average molecular weight is 367 g/mol. The van der Waals surface area contributed by atoms with Gasteiger partial charge in [0.1, 0.15) is 5.82 Å². The zero-order valence-corrected chi connectivity index (χ0v) is 14.4. The maximum absolute atomic E-state index is 12.1. The van der Waals surface area contributed by atoms with Crippen LogP contribution >= 0.6 is 0 Å². The molecule has 138 valence electrons. The van der Waals surface area contributed by atoms with Crippen molar-refractivity contribution >= 4 is 28.5 Å². The molecule has 0 spiro atoms. The van der Waals surface area contributed by atoms with E-state index < -0.39 is 16.7 Å². The average Bonchev–Trinajstić information content (AvgIpc) is 3.10. The number of nitrogens with one attached hydrogen (secondary N) is 3. The fourth-order valence-electron chi connectivity index (χ4n) is 2.56. The lowest BCUT2D eigenvalue weighted by atomic mass is 10.2. The quantitative estimate of drug-likeness (QED) is 0.453. The third-order valence-corrected chi connectivity index (χ3v) is 3.92. The number of amides is 2. The Morgan fingerprint density at radius 3 is 2.74 bits per heavy atom. The molecule has 27 heavy (non-hydrogen) atoms. The van der Waals surface area contributed by atoms with E-state index in [0.717, 1.165) is 17.1 Å². The molecule has 9 heteroatoms. The molecule has 3 rings (SSSR count). The first-order valence-corrected chi connectivity index (χ1v) is 8.20.